The second-order valence-corrected chi connectivity index (χ2v) is 11.7. The van der Waals surface area contributed by atoms with E-state index >= 15 is 0 Å². The molecule has 8 rings (SSSR count). The van der Waals surface area contributed by atoms with E-state index in [0.717, 1.165) is 22.3 Å². The van der Waals surface area contributed by atoms with Gasteiger partial charge in [0.1, 0.15) is 11.6 Å². The maximum absolute atomic E-state index is 14.8. The molecule has 2 heterocycles. The van der Waals surface area contributed by atoms with Gasteiger partial charge in [-0.25, -0.2) is 28.8 Å². The summed E-state index contributed by atoms with van der Waals surface area (Å²) in [7, 11) is 0. The number of aliphatic imine (C=N–C) groups is 4. The molecule has 2 aliphatic heterocycles. The number of hydrogen-bond acceptors (Lipinski definition) is 4. The first-order chi connectivity index (χ1) is 23.6. The summed E-state index contributed by atoms with van der Waals surface area (Å²) in [6, 6.07) is 52.3. The normalized spacial score (nSPS) is 20.1. The zero-order valence-electron chi connectivity index (χ0n) is 25.7. The van der Waals surface area contributed by atoms with Crippen molar-refractivity contribution < 1.29 is 8.78 Å². The van der Waals surface area contributed by atoms with Crippen LogP contribution in [0.1, 0.15) is 33.4 Å². The SMILES string of the molecule is Fc1cccc(C2=NC(c3ccccc3)(C3(c4ccccc4)N=C(c4cccc(F)c4)N=C3c3ccccc3)C(c3ccccc3)=N2)c1. The van der Waals surface area contributed by atoms with E-state index in [-0.39, 0.29) is 11.6 Å². The van der Waals surface area contributed by atoms with Gasteiger partial charge in [-0.3, -0.25) is 0 Å². The molecule has 48 heavy (non-hydrogen) atoms. The van der Waals surface area contributed by atoms with E-state index in [1.165, 1.54) is 24.3 Å². The molecule has 0 aromatic heterocycles. The predicted molar refractivity (Wildman–Crippen MR) is 188 cm³/mol. The van der Waals surface area contributed by atoms with E-state index in [0.29, 0.717) is 34.2 Å². The molecule has 0 N–H and O–H groups in total. The Labute approximate surface area is 277 Å². The van der Waals surface area contributed by atoms with Crippen LogP contribution < -0.4 is 0 Å². The molecular formula is C42H28F2N4. The highest BCUT2D eigenvalue weighted by molar-refractivity contribution is 6.28. The Morgan fingerprint density at radius 2 is 0.688 bits per heavy atom. The lowest BCUT2D eigenvalue weighted by molar-refractivity contribution is 0.420. The molecule has 2 atom stereocenters. The monoisotopic (exact) mass is 626 g/mol. The summed E-state index contributed by atoms with van der Waals surface area (Å²) in [6.45, 7) is 0. The number of amidine groups is 2. The van der Waals surface area contributed by atoms with Crippen LogP contribution in [0.25, 0.3) is 0 Å². The van der Waals surface area contributed by atoms with Crippen molar-refractivity contribution in [1.82, 2.24) is 0 Å². The average molecular weight is 627 g/mol. The van der Waals surface area contributed by atoms with Crippen molar-refractivity contribution in [2.24, 2.45) is 20.0 Å². The van der Waals surface area contributed by atoms with Crippen LogP contribution >= 0.6 is 0 Å². The van der Waals surface area contributed by atoms with Gasteiger partial charge in [0.15, 0.2) is 22.7 Å². The van der Waals surface area contributed by atoms with Gasteiger partial charge in [0, 0.05) is 11.1 Å². The summed E-state index contributed by atoms with van der Waals surface area (Å²) in [4.78, 5) is 21.7. The van der Waals surface area contributed by atoms with Gasteiger partial charge in [-0.05, 0) is 46.5 Å². The minimum atomic E-state index is -1.36. The molecule has 230 valence electrons. The molecule has 0 bridgehead atoms. The molecule has 6 aromatic rings. The molecule has 0 saturated carbocycles. The first-order valence-corrected chi connectivity index (χ1v) is 15.7. The van der Waals surface area contributed by atoms with E-state index in [4.69, 9.17) is 20.0 Å². The molecule has 6 heteroatoms. The summed E-state index contributed by atoms with van der Waals surface area (Å²) in [5.41, 5.74) is 2.90. The van der Waals surface area contributed by atoms with Crippen molar-refractivity contribution in [1.29, 1.82) is 0 Å². The maximum atomic E-state index is 14.8. The third-order valence-electron chi connectivity index (χ3n) is 8.83. The first kappa shape index (κ1) is 29.3. The largest absolute Gasteiger partial charge is 0.245 e. The van der Waals surface area contributed by atoms with E-state index in [9.17, 15) is 8.78 Å². The predicted octanol–water partition coefficient (Wildman–Crippen LogP) is 8.96. The molecule has 0 radical (unpaired) electrons. The fourth-order valence-corrected chi connectivity index (χ4v) is 6.78. The second kappa shape index (κ2) is 11.9. The van der Waals surface area contributed by atoms with Crippen LogP contribution in [0.2, 0.25) is 0 Å². The Hall–Kier alpha value is -6.14. The highest BCUT2D eigenvalue weighted by Gasteiger charge is 2.64. The number of nitrogens with zero attached hydrogens (tertiary/aromatic N) is 4. The maximum Gasteiger partial charge on any atom is 0.165 e. The Morgan fingerprint density at radius 3 is 1.04 bits per heavy atom. The average Bonchev–Trinajstić information content (AvgIpc) is 3.76. The zero-order valence-corrected chi connectivity index (χ0v) is 25.7. The van der Waals surface area contributed by atoms with Crippen molar-refractivity contribution in [3.05, 3.63) is 215 Å². The molecule has 0 saturated heterocycles. The van der Waals surface area contributed by atoms with Crippen LogP contribution in [0.5, 0.6) is 0 Å². The molecule has 2 aliphatic rings. The topological polar surface area (TPSA) is 49.4 Å². The molecule has 0 fully saturated rings. The number of hydrogen-bond donors (Lipinski definition) is 0. The fraction of sp³-hybridized carbons (Fsp3) is 0.0476. The van der Waals surface area contributed by atoms with Crippen LogP contribution in [-0.4, -0.2) is 23.1 Å². The quantitative estimate of drug-likeness (QED) is 0.170. The third-order valence-corrected chi connectivity index (χ3v) is 8.83. The standard InChI is InChI=1S/C42H28F2N4/c43-35-25-13-19-31(27-35)39-45-37(29-15-5-1-6-16-29)41(47-39,33-21-9-3-10-22-33)42(34-23-11-4-12-24-34)38(30-17-7-2-8-18-30)46-40(48-42)32-20-14-26-36(44)28-32/h1-28H. The third kappa shape index (κ3) is 4.73. The van der Waals surface area contributed by atoms with Crippen molar-refractivity contribution in [3.8, 4) is 0 Å². The Bertz CT molecular complexity index is 2090. The van der Waals surface area contributed by atoms with Crippen LogP contribution in [0, 0.1) is 11.6 Å². The summed E-state index contributed by atoms with van der Waals surface area (Å²) in [5, 5.41) is 0. The minimum Gasteiger partial charge on any atom is -0.245 e. The van der Waals surface area contributed by atoms with Gasteiger partial charge in [-0.2, -0.15) is 0 Å². The second-order valence-electron chi connectivity index (χ2n) is 11.7. The summed E-state index contributed by atoms with van der Waals surface area (Å²) in [6.07, 6.45) is 0. The summed E-state index contributed by atoms with van der Waals surface area (Å²) in [5.74, 6) is -0.0374. The lowest BCUT2D eigenvalue weighted by Crippen LogP contribution is -2.55. The fourth-order valence-electron chi connectivity index (χ4n) is 6.78. The molecule has 0 spiro atoms. The van der Waals surface area contributed by atoms with Crippen molar-refractivity contribution in [3.63, 3.8) is 0 Å². The molecule has 2 unspecified atom stereocenters. The number of rotatable bonds is 7. The van der Waals surface area contributed by atoms with Crippen LogP contribution in [-0.2, 0) is 11.1 Å². The molecule has 4 nitrogen and oxygen atoms in total. The Kier molecular flexibility index (Phi) is 7.26. The van der Waals surface area contributed by atoms with E-state index in [2.05, 4.69) is 0 Å². The molecular weight excluding hydrogens is 598 g/mol. The van der Waals surface area contributed by atoms with Crippen LogP contribution in [0.4, 0.5) is 8.78 Å². The van der Waals surface area contributed by atoms with Gasteiger partial charge < -0.3 is 0 Å². The van der Waals surface area contributed by atoms with Gasteiger partial charge in [-0.15, -0.1) is 0 Å². The highest BCUT2D eigenvalue weighted by Crippen LogP contribution is 2.55. The number of benzene rings is 6. The van der Waals surface area contributed by atoms with Crippen LogP contribution in [0.3, 0.4) is 0 Å². The lowest BCUT2D eigenvalue weighted by Gasteiger charge is -2.44. The van der Waals surface area contributed by atoms with E-state index < -0.39 is 11.1 Å². The van der Waals surface area contributed by atoms with Gasteiger partial charge in [0.2, 0.25) is 0 Å². The Morgan fingerprint density at radius 1 is 0.354 bits per heavy atom. The number of halogens is 2. The Balaban J connectivity index is 1.56. The van der Waals surface area contributed by atoms with Gasteiger partial charge in [0.05, 0.1) is 11.4 Å². The minimum absolute atomic E-state index is 0.370. The van der Waals surface area contributed by atoms with Crippen molar-refractivity contribution >= 4 is 23.1 Å². The van der Waals surface area contributed by atoms with Crippen molar-refractivity contribution in [2.45, 2.75) is 11.1 Å². The van der Waals surface area contributed by atoms with Gasteiger partial charge in [0.25, 0.3) is 0 Å². The van der Waals surface area contributed by atoms with E-state index in [1.54, 1.807) is 12.1 Å². The van der Waals surface area contributed by atoms with E-state index in [1.807, 2.05) is 133 Å². The zero-order chi connectivity index (χ0) is 32.6. The first-order valence-electron chi connectivity index (χ1n) is 15.7. The lowest BCUT2D eigenvalue weighted by atomic mass is 9.62. The molecule has 6 aromatic carbocycles. The molecule has 0 aliphatic carbocycles. The van der Waals surface area contributed by atoms with Crippen molar-refractivity contribution in [2.75, 3.05) is 0 Å². The van der Waals surface area contributed by atoms with Gasteiger partial charge in [-0.1, -0.05) is 146 Å². The molecule has 0 amide bonds. The summed E-state index contributed by atoms with van der Waals surface area (Å²) < 4.78 is 29.6. The smallest absolute Gasteiger partial charge is 0.165 e. The van der Waals surface area contributed by atoms with Crippen LogP contribution in [0.15, 0.2) is 190 Å². The van der Waals surface area contributed by atoms with Gasteiger partial charge >= 0.3 is 0 Å². The highest BCUT2D eigenvalue weighted by atomic mass is 19.1. The summed E-state index contributed by atoms with van der Waals surface area (Å²) >= 11 is 0.